The molecular weight excluding hydrogens is 1330 g/mol. The summed E-state index contributed by atoms with van der Waals surface area (Å²) in [5.74, 6) is 0. The van der Waals surface area contributed by atoms with Gasteiger partial charge < -0.3 is 0 Å². The third kappa shape index (κ3) is 13.6. The van der Waals surface area contributed by atoms with Crippen LogP contribution in [-0.4, -0.2) is 29.9 Å². The first-order valence-electron chi connectivity index (χ1n) is 36.4. The van der Waals surface area contributed by atoms with E-state index in [4.69, 9.17) is 33.2 Å². The summed E-state index contributed by atoms with van der Waals surface area (Å²) in [5, 5.41) is 10.3. The van der Waals surface area contributed by atoms with Crippen molar-refractivity contribution in [1.82, 2.24) is 29.9 Å². The molecule has 0 N–H and O–H groups in total. The number of nitrogens with zero attached hydrogens (tertiary/aromatic N) is 6. The molecule has 18 aromatic rings. The molecule has 506 valence electrons. The monoisotopic (exact) mass is 1400 g/mol. The van der Waals surface area contributed by atoms with Crippen LogP contribution in [0.3, 0.4) is 0 Å². The maximum absolute atomic E-state index is 7.12. The molecule has 0 aliphatic rings. The Balaban J connectivity index is 0.703. The minimum Gasteiger partial charge on any atom is -0.256 e. The summed E-state index contributed by atoms with van der Waals surface area (Å²) in [5.41, 5.74) is 29.3. The molecule has 5 heterocycles. The molecule has 0 saturated heterocycles. The molecule has 5 aromatic heterocycles. The van der Waals surface area contributed by atoms with Crippen molar-refractivity contribution in [2.45, 2.75) is 51.4 Å². The molecule has 13 aromatic carbocycles. The lowest BCUT2D eigenvalue weighted by atomic mass is 9.86. The summed E-state index contributed by atoms with van der Waals surface area (Å²) in [6.45, 7) is 0. The van der Waals surface area contributed by atoms with E-state index in [-0.39, 0.29) is 0 Å². The molecule has 0 unspecified atom stereocenters. The Morgan fingerprint density at radius 3 is 0.840 bits per heavy atom. The summed E-state index contributed by atoms with van der Waals surface area (Å²) in [7, 11) is 0. The number of hydrogen-bond donors (Lipinski definition) is 0. The van der Waals surface area contributed by atoms with Crippen LogP contribution in [0.4, 0.5) is 0 Å². The number of benzene rings is 13. The molecule has 0 bridgehead atoms. The number of halogens is 2. The van der Waals surface area contributed by atoms with Crippen LogP contribution < -0.4 is 0 Å². The van der Waals surface area contributed by atoms with Gasteiger partial charge in [0, 0.05) is 78.6 Å². The highest BCUT2D eigenvalue weighted by Crippen LogP contribution is 2.47. The molecule has 18 rings (SSSR count). The Kier molecular flexibility index (Phi) is 18.0. The molecule has 106 heavy (non-hydrogen) atoms. The first kappa shape index (κ1) is 65.7. The van der Waals surface area contributed by atoms with E-state index >= 15 is 0 Å². The Morgan fingerprint density at radius 2 is 0.519 bits per heavy atom. The van der Waals surface area contributed by atoms with E-state index in [1.807, 2.05) is 85.5 Å². The van der Waals surface area contributed by atoms with Crippen molar-refractivity contribution in [3.05, 3.63) is 383 Å². The largest absolute Gasteiger partial charge is 0.256 e. The normalized spacial score (nSPS) is 11.6. The Labute approximate surface area is 626 Å². The molecule has 0 atom stereocenters. The minimum absolute atomic E-state index is 0.688. The van der Waals surface area contributed by atoms with Crippen LogP contribution in [-0.2, 0) is 51.4 Å². The van der Waals surface area contributed by atoms with Crippen molar-refractivity contribution in [1.29, 1.82) is 0 Å². The van der Waals surface area contributed by atoms with E-state index in [1.54, 1.807) is 6.33 Å². The SMILES string of the molecule is Clc1ccc(-c2ccc3c(c2)c2cccc4c5cc(-c6ccc(Cl)cc6-c6cc(CCc7ccc(-c8ccccn8)cc7)cc(CCc7ccc(-c8ccccn8)cc7)c6)ccc5c5ncnc3c5c24)c(-c2cc(CCc3ccc(-c4ccccn4)cc3)cc(CCc3ccc(-c4ccccn4)cc3)c2)c1. The van der Waals surface area contributed by atoms with Crippen molar-refractivity contribution in [3.63, 3.8) is 0 Å². The number of aromatic nitrogens is 6. The minimum atomic E-state index is 0.688. The number of pyridine rings is 4. The third-order valence-corrected chi connectivity index (χ3v) is 21.5. The highest BCUT2D eigenvalue weighted by Gasteiger charge is 2.22. The van der Waals surface area contributed by atoms with Crippen LogP contribution in [0.25, 0.3) is 144 Å². The average molecular weight is 1400 g/mol. The second kappa shape index (κ2) is 29.1. The van der Waals surface area contributed by atoms with Crippen LogP contribution in [0.15, 0.2) is 328 Å². The van der Waals surface area contributed by atoms with Crippen molar-refractivity contribution in [2.75, 3.05) is 0 Å². The number of rotatable bonds is 20. The van der Waals surface area contributed by atoms with E-state index < -0.39 is 0 Å². The van der Waals surface area contributed by atoms with Gasteiger partial charge in [-0.25, -0.2) is 9.97 Å². The van der Waals surface area contributed by atoms with Gasteiger partial charge in [0.1, 0.15) is 6.33 Å². The zero-order valence-electron chi connectivity index (χ0n) is 58.3. The Morgan fingerprint density at radius 1 is 0.198 bits per heavy atom. The fraction of sp³-hybridized carbons (Fsp3) is 0.0816. The molecule has 8 heteroatoms. The van der Waals surface area contributed by atoms with Crippen molar-refractivity contribution >= 4 is 77.3 Å². The van der Waals surface area contributed by atoms with E-state index in [1.165, 1.54) is 44.5 Å². The fourth-order valence-corrected chi connectivity index (χ4v) is 16.0. The van der Waals surface area contributed by atoms with E-state index in [0.717, 1.165) is 195 Å². The summed E-state index contributed by atoms with van der Waals surface area (Å²) in [6.07, 6.45) is 16.2. The second-order valence-corrected chi connectivity index (χ2v) is 28.7. The molecule has 0 saturated carbocycles. The topological polar surface area (TPSA) is 77.3 Å². The van der Waals surface area contributed by atoms with Gasteiger partial charge in [0.15, 0.2) is 0 Å². The molecule has 0 fully saturated rings. The maximum atomic E-state index is 7.12. The number of hydrogen-bond acceptors (Lipinski definition) is 6. The highest BCUT2D eigenvalue weighted by molar-refractivity contribution is 6.39. The maximum Gasteiger partial charge on any atom is 0.116 e. The standard InChI is InChI=1S/C98H70Cl2N6/c99-79-42-46-81(87(60-79)77-54-67(20-16-63-24-32-71(33-25-63)91-12-1-5-48-101-91)52-68(55-77)21-17-64-26-34-72(35-27-64)92-13-2-6-49-102-92)75-40-44-85-89(58-75)83-10-9-11-84-90-59-76(41-45-86(90)98-96(95(83)84)97(85)105-62-106-98)82-47-43-80(100)61-88(82)78-56-69(22-18-65-28-36-73(37-29-65)93-14-3-7-50-103-93)53-70(57-78)23-19-66-30-38-74(39-31-66)94-15-4-8-51-104-94/h1-15,24-62H,16-23H2. The molecular formula is C98H70Cl2N6. The molecule has 0 amide bonds. The zero-order chi connectivity index (χ0) is 70.9. The summed E-state index contributed by atoms with van der Waals surface area (Å²) in [4.78, 5) is 28.7. The molecule has 0 aliphatic heterocycles. The van der Waals surface area contributed by atoms with E-state index in [0.29, 0.717) is 10.0 Å². The number of fused-ring (bicyclic) bond motifs is 6. The van der Waals surface area contributed by atoms with Crippen molar-refractivity contribution in [3.8, 4) is 89.5 Å². The van der Waals surface area contributed by atoms with Gasteiger partial charge in [0.2, 0.25) is 0 Å². The molecule has 0 spiro atoms. The van der Waals surface area contributed by atoms with Crippen molar-refractivity contribution < 1.29 is 0 Å². The van der Waals surface area contributed by atoms with Crippen LogP contribution in [0.1, 0.15) is 44.5 Å². The summed E-state index contributed by atoms with van der Waals surface area (Å²) in [6, 6.07) is 107. The van der Waals surface area contributed by atoms with Gasteiger partial charge in [0.05, 0.1) is 33.8 Å². The summed E-state index contributed by atoms with van der Waals surface area (Å²) >= 11 is 14.2. The number of aryl methyl sites for hydroxylation is 8. The molecule has 0 radical (unpaired) electrons. The van der Waals surface area contributed by atoms with Gasteiger partial charge in [0.25, 0.3) is 0 Å². The quantitative estimate of drug-likeness (QED) is 0.0559. The van der Waals surface area contributed by atoms with Gasteiger partial charge in [-0.05, 0) is 247 Å². The lowest BCUT2D eigenvalue weighted by Crippen LogP contribution is -1.98. The van der Waals surface area contributed by atoms with E-state index in [2.05, 4.69) is 257 Å². The Hall–Kier alpha value is -12.3. The van der Waals surface area contributed by atoms with Gasteiger partial charge in [-0.2, -0.15) is 0 Å². The summed E-state index contributed by atoms with van der Waals surface area (Å²) < 4.78 is 0. The van der Waals surface area contributed by atoms with Crippen LogP contribution in [0.5, 0.6) is 0 Å². The first-order chi connectivity index (χ1) is 52.3. The predicted molar refractivity (Wildman–Crippen MR) is 441 cm³/mol. The van der Waals surface area contributed by atoms with Crippen LogP contribution in [0.2, 0.25) is 10.0 Å². The zero-order valence-corrected chi connectivity index (χ0v) is 59.8. The van der Waals surface area contributed by atoms with Crippen molar-refractivity contribution in [2.24, 2.45) is 0 Å². The van der Waals surface area contributed by atoms with Crippen LogP contribution in [0, 0.1) is 0 Å². The molecule has 0 aliphatic carbocycles. The van der Waals surface area contributed by atoms with Crippen LogP contribution >= 0.6 is 23.2 Å². The van der Waals surface area contributed by atoms with Gasteiger partial charge >= 0.3 is 0 Å². The van der Waals surface area contributed by atoms with Gasteiger partial charge in [-0.15, -0.1) is 0 Å². The lowest BCUT2D eigenvalue weighted by Gasteiger charge is -2.19. The smallest absolute Gasteiger partial charge is 0.116 e. The second-order valence-electron chi connectivity index (χ2n) is 27.8. The average Bonchev–Trinajstić information content (AvgIpc) is 0.701. The first-order valence-corrected chi connectivity index (χ1v) is 37.2. The lowest BCUT2D eigenvalue weighted by molar-refractivity contribution is 0.931. The highest BCUT2D eigenvalue weighted by atomic mass is 35.5. The predicted octanol–water partition coefficient (Wildman–Crippen LogP) is 25.0. The third-order valence-electron chi connectivity index (χ3n) is 21.1. The Bertz CT molecular complexity index is 5650. The fourth-order valence-electron chi connectivity index (χ4n) is 15.7. The van der Waals surface area contributed by atoms with E-state index in [9.17, 15) is 0 Å². The van der Waals surface area contributed by atoms with Gasteiger partial charge in [-0.1, -0.05) is 236 Å². The molecule has 6 nitrogen and oxygen atoms in total. The van der Waals surface area contributed by atoms with Gasteiger partial charge in [-0.3, -0.25) is 19.9 Å².